The predicted octanol–water partition coefficient (Wildman–Crippen LogP) is 5.04. The summed E-state index contributed by atoms with van der Waals surface area (Å²) in [7, 11) is 0. The lowest BCUT2D eigenvalue weighted by Crippen LogP contribution is -1.85. The van der Waals surface area contributed by atoms with Crippen LogP contribution in [0.2, 0.25) is 5.02 Å². The van der Waals surface area contributed by atoms with Crippen molar-refractivity contribution in [2.75, 3.05) is 0 Å². The number of halogens is 1. The molecule has 0 aromatic heterocycles. The second-order valence-electron chi connectivity index (χ2n) is 4.14. The van der Waals surface area contributed by atoms with Crippen LogP contribution in [0.5, 0.6) is 0 Å². The average Bonchev–Trinajstić information content (AvgIpc) is 2.29. The maximum absolute atomic E-state index is 5.95. The quantitative estimate of drug-likeness (QED) is 0.647. The molecule has 0 nitrogen and oxygen atoms in total. The van der Waals surface area contributed by atoms with Gasteiger partial charge in [-0.3, -0.25) is 0 Å². The summed E-state index contributed by atoms with van der Waals surface area (Å²) < 4.78 is 0. The Kier molecular flexibility index (Phi) is 3.84. The molecule has 0 fully saturated rings. The average molecular weight is 232 g/mol. The summed E-state index contributed by atoms with van der Waals surface area (Å²) in [4.78, 5) is 0. The van der Waals surface area contributed by atoms with Crippen molar-refractivity contribution in [3.8, 4) is 0 Å². The zero-order valence-corrected chi connectivity index (χ0v) is 10.1. The fourth-order valence-electron chi connectivity index (χ4n) is 1.93. The molecule has 16 heavy (non-hydrogen) atoms. The molecule has 2 aromatic carbocycles. The Balaban J connectivity index is 2.20. The molecule has 0 amide bonds. The Morgan fingerprint density at radius 3 is 2.50 bits per heavy atom. The summed E-state index contributed by atoms with van der Waals surface area (Å²) in [5.74, 6) is 0. The molecule has 1 radical (unpaired) electrons. The highest BCUT2D eigenvalue weighted by Gasteiger charge is 1.97. The van der Waals surface area contributed by atoms with Crippen molar-refractivity contribution in [2.45, 2.75) is 25.7 Å². The smallest absolute Gasteiger partial charge is 0.0412 e. The molecule has 2 rings (SSSR count). The van der Waals surface area contributed by atoms with Crippen LogP contribution in [-0.4, -0.2) is 0 Å². The molecule has 0 spiro atoms. The second kappa shape index (κ2) is 5.36. The summed E-state index contributed by atoms with van der Waals surface area (Å²) in [6.07, 6.45) is 4.61. The number of benzene rings is 2. The third-order valence-electron chi connectivity index (χ3n) is 2.83. The summed E-state index contributed by atoms with van der Waals surface area (Å²) in [5.41, 5.74) is 1.41. The normalized spacial score (nSPS) is 10.9. The predicted molar refractivity (Wildman–Crippen MR) is 71.9 cm³/mol. The number of fused-ring (bicyclic) bond motifs is 1. The molecule has 0 aliphatic heterocycles. The third kappa shape index (κ3) is 2.76. The van der Waals surface area contributed by atoms with E-state index in [-0.39, 0.29) is 0 Å². The van der Waals surface area contributed by atoms with Crippen LogP contribution in [0.1, 0.15) is 24.8 Å². The monoisotopic (exact) mass is 231 g/mol. The first-order valence-electron chi connectivity index (χ1n) is 5.77. The van der Waals surface area contributed by atoms with E-state index < -0.39 is 0 Å². The largest absolute Gasteiger partial charge is 0.0843 e. The van der Waals surface area contributed by atoms with E-state index in [1.54, 1.807) is 0 Å². The standard InChI is InChI=1S/C15H16Cl/c1-2-3-4-5-12-6-7-14-11-15(16)9-8-13(14)10-12/h6-11H,1-5H2. The Morgan fingerprint density at radius 2 is 1.69 bits per heavy atom. The molecule has 1 heteroatoms. The van der Waals surface area contributed by atoms with Crippen LogP contribution in [0.3, 0.4) is 0 Å². The topological polar surface area (TPSA) is 0 Å². The van der Waals surface area contributed by atoms with Crippen molar-refractivity contribution in [1.29, 1.82) is 0 Å². The summed E-state index contributed by atoms with van der Waals surface area (Å²) >= 11 is 5.95. The maximum atomic E-state index is 5.95. The van der Waals surface area contributed by atoms with Crippen molar-refractivity contribution >= 4 is 22.4 Å². The van der Waals surface area contributed by atoms with Gasteiger partial charge in [-0.2, -0.15) is 0 Å². The van der Waals surface area contributed by atoms with Crippen molar-refractivity contribution in [3.63, 3.8) is 0 Å². The minimum absolute atomic E-state index is 0.803. The number of unbranched alkanes of at least 4 members (excludes halogenated alkanes) is 2. The molecule has 0 aliphatic rings. The molecule has 0 N–H and O–H groups in total. The SMILES string of the molecule is [CH2]CCCCc1ccc2cc(Cl)ccc2c1. The molecular weight excluding hydrogens is 216 g/mol. The van der Waals surface area contributed by atoms with Gasteiger partial charge in [0.25, 0.3) is 0 Å². The van der Waals surface area contributed by atoms with Crippen molar-refractivity contribution in [1.82, 2.24) is 0 Å². The van der Waals surface area contributed by atoms with E-state index in [1.807, 2.05) is 12.1 Å². The van der Waals surface area contributed by atoms with E-state index in [9.17, 15) is 0 Å². The van der Waals surface area contributed by atoms with Crippen molar-refractivity contribution < 1.29 is 0 Å². The van der Waals surface area contributed by atoms with E-state index in [0.717, 1.165) is 17.9 Å². The van der Waals surface area contributed by atoms with Gasteiger partial charge in [0.1, 0.15) is 0 Å². The van der Waals surface area contributed by atoms with Crippen LogP contribution in [0, 0.1) is 6.92 Å². The number of hydrogen-bond acceptors (Lipinski definition) is 0. The van der Waals surface area contributed by atoms with Gasteiger partial charge in [-0.15, -0.1) is 0 Å². The van der Waals surface area contributed by atoms with Crippen LogP contribution in [0.25, 0.3) is 10.8 Å². The van der Waals surface area contributed by atoms with Crippen LogP contribution >= 0.6 is 11.6 Å². The van der Waals surface area contributed by atoms with Gasteiger partial charge < -0.3 is 0 Å². The Hall–Kier alpha value is -1.01. The molecule has 0 saturated carbocycles. The zero-order chi connectivity index (χ0) is 11.4. The minimum Gasteiger partial charge on any atom is -0.0843 e. The van der Waals surface area contributed by atoms with E-state index in [1.165, 1.54) is 29.2 Å². The van der Waals surface area contributed by atoms with Gasteiger partial charge >= 0.3 is 0 Å². The van der Waals surface area contributed by atoms with Gasteiger partial charge in [-0.25, -0.2) is 0 Å². The summed E-state index contributed by atoms with van der Waals surface area (Å²) in [6, 6.07) is 12.7. The fourth-order valence-corrected chi connectivity index (χ4v) is 2.11. The molecule has 2 aromatic rings. The highest BCUT2D eigenvalue weighted by Crippen LogP contribution is 2.21. The third-order valence-corrected chi connectivity index (χ3v) is 3.07. The Morgan fingerprint density at radius 1 is 0.938 bits per heavy atom. The highest BCUT2D eigenvalue weighted by molar-refractivity contribution is 6.31. The van der Waals surface area contributed by atoms with Crippen molar-refractivity contribution in [2.24, 2.45) is 0 Å². The molecule has 0 unspecified atom stereocenters. The molecule has 0 bridgehead atoms. The lowest BCUT2D eigenvalue weighted by molar-refractivity contribution is 0.746. The number of hydrogen-bond donors (Lipinski definition) is 0. The summed E-state index contributed by atoms with van der Waals surface area (Å²) in [5, 5.41) is 3.29. The van der Waals surface area contributed by atoms with Gasteiger partial charge in [0, 0.05) is 5.02 Å². The molecule has 0 atom stereocenters. The van der Waals surface area contributed by atoms with Gasteiger partial charge in [0.05, 0.1) is 0 Å². The summed E-state index contributed by atoms with van der Waals surface area (Å²) in [6.45, 7) is 3.86. The van der Waals surface area contributed by atoms with E-state index in [4.69, 9.17) is 11.6 Å². The van der Waals surface area contributed by atoms with Gasteiger partial charge in [0.2, 0.25) is 0 Å². The Labute approximate surface area is 102 Å². The van der Waals surface area contributed by atoms with Crippen LogP contribution < -0.4 is 0 Å². The number of rotatable bonds is 4. The molecule has 83 valence electrons. The Bertz CT molecular complexity index is 474. The van der Waals surface area contributed by atoms with E-state index in [0.29, 0.717) is 0 Å². The molecule has 0 aliphatic carbocycles. The fraction of sp³-hybridized carbons (Fsp3) is 0.267. The molecular formula is C15H16Cl. The first kappa shape index (κ1) is 11.5. The minimum atomic E-state index is 0.803. The van der Waals surface area contributed by atoms with Gasteiger partial charge in [0.15, 0.2) is 0 Å². The van der Waals surface area contributed by atoms with Gasteiger partial charge in [-0.1, -0.05) is 55.6 Å². The second-order valence-corrected chi connectivity index (χ2v) is 4.57. The lowest BCUT2D eigenvalue weighted by Gasteiger charge is -2.03. The number of aryl methyl sites for hydroxylation is 1. The first-order chi connectivity index (χ1) is 7.79. The molecule has 0 heterocycles. The van der Waals surface area contributed by atoms with Crippen LogP contribution in [-0.2, 0) is 6.42 Å². The van der Waals surface area contributed by atoms with Crippen LogP contribution in [0.15, 0.2) is 36.4 Å². The van der Waals surface area contributed by atoms with Gasteiger partial charge in [-0.05, 0) is 41.3 Å². The van der Waals surface area contributed by atoms with Crippen molar-refractivity contribution in [3.05, 3.63) is 53.9 Å². The lowest BCUT2D eigenvalue weighted by atomic mass is 10.0. The highest BCUT2D eigenvalue weighted by atomic mass is 35.5. The molecule has 0 saturated heterocycles. The zero-order valence-electron chi connectivity index (χ0n) is 9.38. The van der Waals surface area contributed by atoms with Crippen LogP contribution in [0.4, 0.5) is 0 Å². The first-order valence-corrected chi connectivity index (χ1v) is 6.15. The van der Waals surface area contributed by atoms with E-state index in [2.05, 4.69) is 31.2 Å². The maximum Gasteiger partial charge on any atom is 0.0412 e. The van der Waals surface area contributed by atoms with E-state index >= 15 is 0 Å².